The lowest BCUT2D eigenvalue weighted by molar-refractivity contribution is 0.0921. The van der Waals surface area contributed by atoms with Gasteiger partial charge in [0.2, 0.25) is 0 Å². The molecule has 0 radical (unpaired) electrons. The number of carbonyl (C=O) groups excluding carboxylic acids is 2. The van der Waals surface area contributed by atoms with Crippen LogP contribution in [0.3, 0.4) is 0 Å². The normalized spacial score (nSPS) is 12.8. The maximum Gasteiger partial charge on any atom is 0.404 e. The maximum atomic E-state index is 11.4. The fourth-order valence-corrected chi connectivity index (χ4v) is 5.45. The quantitative estimate of drug-likeness (QED) is 0.0920. The minimum Gasteiger partial charge on any atom is -0.450 e. The average Bonchev–Trinajstić information content (AvgIpc) is 2.88. The van der Waals surface area contributed by atoms with E-state index in [9.17, 15) is 9.59 Å². The Bertz CT molecular complexity index is 530. The Labute approximate surface area is 235 Å². The average molecular weight is 541 g/mol. The first kappa shape index (κ1) is 36.5. The van der Waals surface area contributed by atoms with Crippen molar-refractivity contribution in [3.05, 3.63) is 0 Å². The van der Waals surface area contributed by atoms with Gasteiger partial charge in [0.05, 0.1) is 6.61 Å². The predicted molar refractivity (Wildman–Crippen MR) is 160 cm³/mol. The van der Waals surface area contributed by atoms with Gasteiger partial charge >= 0.3 is 12.2 Å². The van der Waals surface area contributed by atoms with Gasteiger partial charge in [-0.25, -0.2) is 9.59 Å². The highest BCUT2D eigenvalue weighted by Gasteiger charge is 2.13. The summed E-state index contributed by atoms with van der Waals surface area (Å²) in [5.74, 6) is 0.807. The van der Waals surface area contributed by atoms with E-state index < -0.39 is 12.2 Å². The van der Waals surface area contributed by atoms with Gasteiger partial charge in [0.1, 0.15) is 6.10 Å². The number of nitrogens with two attached hydrogens (primary N) is 2. The van der Waals surface area contributed by atoms with E-state index in [1.54, 1.807) is 0 Å². The lowest BCUT2D eigenvalue weighted by Gasteiger charge is -2.18. The molecule has 2 unspecified atom stereocenters. The van der Waals surface area contributed by atoms with Gasteiger partial charge in [-0.05, 0) is 38.0 Å². The molecule has 0 heterocycles. The Hall–Kier alpha value is -1.46. The van der Waals surface area contributed by atoms with Gasteiger partial charge < -0.3 is 20.9 Å². The third kappa shape index (κ3) is 27.6. The molecule has 0 aliphatic heterocycles. The van der Waals surface area contributed by atoms with E-state index in [0.717, 1.165) is 44.4 Å². The highest BCUT2D eigenvalue weighted by atomic mass is 16.6. The number of unbranched alkanes of at least 4 members (excludes halogenated alkanes) is 16. The molecular formula is C32H64N2O4. The molecule has 0 saturated heterocycles. The molecule has 0 saturated carbocycles. The molecule has 0 aromatic carbocycles. The number of amides is 2. The minimum absolute atomic E-state index is 0.0121. The Balaban J connectivity index is 4.05. The van der Waals surface area contributed by atoms with Crippen LogP contribution in [0.25, 0.3) is 0 Å². The Morgan fingerprint density at radius 2 is 0.868 bits per heavy atom. The van der Waals surface area contributed by atoms with Crippen LogP contribution in [-0.4, -0.2) is 24.9 Å². The van der Waals surface area contributed by atoms with Crippen molar-refractivity contribution in [1.29, 1.82) is 0 Å². The van der Waals surface area contributed by atoms with Crippen molar-refractivity contribution in [2.24, 2.45) is 17.4 Å². The van der Waals surface area contributed by atoms with Gasteiger partial charge in [-0.1, -0.05) is 142 Å². The summed E-state index contributed by atoms with van der Waals surface area (Å²) >= 11 is 0. The van der Waals surface area contributed by atoms with Crippen LogP contribution in [0, 0.1) is 5.92 Å². The standard InChI is InChI=1S/C32H64N2O4/c1-3-5-7-9-10-11-12-13-20-26-30(38-32(34)36)27-21-15-14-18-24-29(23-17-8-6-4-2)25-19-16-22-28-37-31(33)35/h29-30H,3-28H2,1-2H3,(H2,33,35)(H2,34,36). The second-order valence-electron chi connectivity index (χ2n) is 11.4. The Morgan fingerprint density at radius 1 is 0.500 bits per heavy atom. The van der Waals surface area contributed by atoms with Crippen molar-refractivity contribution in [3.63, 3.8) is 0 Å². The molecule has 4 N–H and O–H groups in total. The summed E-state index contributed by atoms with van der Waals surface area (Å²) < 4.78 is 10.3. The lowest BCUT2D eigenvalue weighted by Crippen LogP contribution is -2.22. The summed E-state index contributed by atoms with van der Waals surface area (Å²) in [6.07, 6.45) is 29.6. The van der Waals surface area contributed by atoms with Gasteiger partial charge in [-0.15, -0.1) is 0 Å². The third-order valence-electron chi connectivity index (χ3n) is 7.77. The zero-order valence-corrected chi connectivity index (χ0v) is 25.3. The number of ether oxygens (including phenoxy) is 2. The van der Waals surface area contributed by atoms with Crippen LogP contribution in [0.2, 0.25) is 0 Å². The molecule has 6 heteroatoms. The van der Waals surface area contributed by atoms with Crippen LogP contribution >= 0.6 is 0 Å². The van der Waals surface area contributed by atoms with Crippen LogP contribution < -0.4 is 11.5 Å². The fourth-order valence-electron chi connectivity index (χ4n) is 5.45. The van der Waals surface area contributed by atoms with E-state index in [-0.39, 0.29) is 6.10 Å². The molecule has 226 valence electrons. The molecule has 0 rings (SSSR count). The van der Waals surface area contributed by atoms with Gasteiger partial charge in [-0.2, -0.15) is 0 Å². The molecule has 38 heavy (non-hydrogen) atoms. The molecule has 0 bridgehead atoms. The molecule has 2 amide bonds. The topological polar surface area (TPSA) is 105 Å². The zero-order valence-electron chi connectivity index (χ0n) is 25.3. The molecular weight excluding hydrogens is 476 g/mol. The Morgan fingerprint density at radius 3 is 1.29 bits per heavy atom. The molecule has 0 aromatic heterocycles. The highest BCUT2D eigenvalue weighted by molar-refractivity contribution is 5.64. The molecule has 2 atom stereocenters. The van der Waals surface area contributed by atoms with Crippen LogP contribution in [0.4, 0.5) is 9.59 Å². The largest absolute Gasteiger partial charge is 0.450 e. The number of primary amides is 2. The van der Waals surface area contributed by atoms with E-state index >= 15 is 0 Å². The molecule has 0 fully saturated rings. The predicted octanol–water partition coefficient (Wildman–Crippen LogP) is 9.95. The first-order valence-electron chi connectivity index (χ1n) is 16.4. The molecule has 0 aromatic rings. The number of rotatable bonds is 29. The van der Waals surface area contributed by atoms with Gasteiger partial charge in [0.25, 0.3) is 0 Å². The molecule has 0 spiro atoms. The van der Waals surface area contributed by atoms with E-state index in [2.05, 4.69) is 13.8 Å². The maximum absolute atomic E-state index is 11.4. The molecule has 0 aliphatic carbocycles. The van der Waals surface area contributed by atoms with Crippen molar-refractivity contribution in [2.45, 2.75) is 180 Å². The number of hydrogen-bond donors (Lipinski definition) is 2. The molecule has 0 aliphatic rings. The van der Waals surface area contributed by atoms with Crippen molar-refractivity contribution < 1.29 is 19.1 Å². The second kappa shape index (κ2) is 28.5. The monoisotopic (exact) mass is 540 g/mol. The van der Waals surface area contributed by atoms with Crippen LogP contribution in [0.5, 0.6) is 0 Å². The van der Waals surface area contributed by atoms with Gasteiger partial charge in [-0.3, -0.25) is 0 Å². The SMILES string of the molecule is CCCCCCCCCCCC(CCCCCCC(CCCCCC)CCCCCOC(N)=O)OC(N)=O. The summed E-state index contributed by atoms with van der Waals surface area (Å²) in [5, 5.41) is 0. The van der Waals surface area contributed by atoms with Crippen molar-refractivity contribution >= 4 is 12.2 Å². The number of carbonyl (C=O) groups is 2. The lowest BCUT2D eigenvalue weighted by atomic mass is 9.89. The summed E-state index contributed by atoms with van der Waals surface area (Å²) in [6.45, 7) is 4.96. The number of hydrogen-bond acceptors (Lipinski definition) is 4. The van der Waals surface area contributed by atoms with Crippen molar-refractivity contribution in [2.75, 3.05) is 6.61 Å². The van der Waals surface area contributed by atoms with Crippen molar-refractivity contribution in [3.8, 4) is 0 Å². The highest BCUT2D eigenvalue weighted by Crippen LogP contribution is 2.24. The van der Waals surface area contributed by atoms with E-state index in [1.807, 2.05) is 0 Å². The van der Waals surface area contributed by atoms with E-state index in [4.69, 9.17) is 20.9 Å². The van der Waals surface area contributed by atoms with Crippen LogP contribution in [0.15, 0.2) is 0 Å². The van der Waals surface area contributed by atoms with Crippen LogP contribution in [0.1, 0.15) is 174 Å². The van der Waals surface area contributed by atoms with Gasteiger partial charge in [0.15, 0.2) is 0 Å². The first-order valence-corrected chi connectivity index (χ1v) is 16.4. The van der Waals surface area contributed by atoms with Crippen LogP contribution in [-0.2, 0) is 9.47 Å². The minimum atomic E-state index is -0.671. The molecule has 6 nitrogen and oxygen atoms in total. The zero-order chi connectivity index (χ0) is 28.1. The summed E-state index contributed by atoms with van der Waals surface area (Å²) in [7, 11) is 0. The summed E-state index contributed by atoms with van der Waals surface area (Å²) in [4.78, 5) is 22.0. The summed E-state index contributed by atoms with van der Waals surface area (Å²) in [6, 6.07) is 0. The summed E-state index contributed by atoms with van der Waals surface area (Å²) in [5.41, 5.74) is 10.4. The third-order valence-corrected chi connectivity index (χ3v) is 7.77. The Kier molecular flexibility index (Phi) is 27.4. The van der Waals surface area contributed by atoms with E-state index in [1.165, 1.54) is 122 Å². The van der Waals surface area contributed by atoms with Crippen molar-refractivity contribution in [1.82, 2.24) is 0 Å². The second-order valence-corrected chi connectivity index (χ2v) is 11.4. The smallest absolute Gasteiger partial charge is 0.404 e. The van der Waals surface area contributed by atoms with E-state index in [0.29, 0.717) is 6.61 Å². The fraction of sp³-hybridized carbons (Fsp3) is 0.938. The first-order chi connectivity index (χ1) is 18.5. The van der Waals surface area contributed by atoms with Gasteiger partial charge in [0, 0.05) is 0 Å².